The molecule has 4 rings (SSSR count). The minimum atomic E-state index is -1.04. The number of amides is 3. The molecule has 8 nitrogen and oxygen atoms in total. The van der Waals surface area contributed by atoms with Crippen LogP contribution in [0.3, 0.4) is 0 Å². The number of aryl methyl sites for hydroxylation is 2. The van der Waals surface area contributed by atoms with E-state index in [9.17, 15) is 14.4 Å². The normalized spacial score (nSPS) is 32.1. The van der Waals surface area contributed by atoms with Gasteiger partial charge in [0.25, 0.3) is 0 Å². The lowest BCUT2D eigenvalue weighted by molar-refractivity contribution is -0.146. The zero-order valence-electron chi connectivity index (χ0n) is 22.9. The Morgan fingerprint density at radius 3 is 2.59 bits per heavy atom. The molecule has 1 aromatic rings. The minimum Gasteiger partial charge on any atom is -0.396 e. The van der Waals surface area contributed by atoms with Crippen molar-refractivity contribution in [1.82, 2.24) is 10.2 Å². The summed E-state index contributed by atoms with van der Waals surface area (Å²) in [6, 6.07) is 5.10. The first-order valence-corrected chi connectivity index (χ1v) is 13.9. The number of unbranched alkanes of at least 4 members (excludes halogenated alkanes) is 3. The number of likely N-dealkylation sites (tertiary alicyclic amines) is 1. The summed E-state index contributed by atoms with van der Waals surface area (Å²) >= 11 is 0. The van der Waals surface area contributed by atoms with E-state index in [1.54, 1.807) is 4.90 Å². The lowest BCUT2D eigenvalue weighted by Crippen LogP contribution is -2.54. The Morgan fingerprint density at radius 2 is 1.89 bits per heavy atom. The highest BCUT2D eigenvalue weighted by Crippen LogP contribution is 2.65. The highest BCUT2D eigenvalue weighted by Gasteiger charge is 2.79. The zero-order chi connectivity index (χ0) is 27.0. The summed E-state index contributed by atoms with van der Waals surface area (Å²) < 4.78 is 6.75. The summed E-state index contributed by atoms with van der Waals surface area (Å²) in [5, 5.41) is 15.2. The van der Waals surface area contributed by atoms with Crippen molar-refractivity contribution in [3.05, 3.63) is 29.3 Å². The Morgan fingerprint density at radius 1 is 1.16 bits per heavy atom. The van der Waals surface area contributed by atoms with Crippen LogP contribution in [0, 0.1) is 31.6 Å². The van der Waals surface area contributed by atoms with Crippen molar-refractivity contribution in [1.29, 1.82) is 0 Å². The maximum Gasteiger partial charge on any atom is 0.250 e. The first kappa shape index (κ1) is 27.6. The number of hydrogen-bond acceptors (Lipinski definition) is 5. The van der Waals surface area contributed by atoms with Gasteiger partial charge in [0, 0.05) is 25.4 Å². The first-order chi connectivity index (χ1) is 17.6. The molecule has 3 aliphatic rings. The summed E-state index contributed by atoms with van der Waals surface area (Å²) in [5.41, 5.74) is 0.869. The second kappa shape index (κ2) is 10.7. The smallest absolute Gasteiger partial charge is 0.250 e. The van der Waals surface area contributed by atoms with Crippen LogP contribution in [0.4, 0.5) is 5.69 Å². The lowest BCUT2D eigenvalue weighted by atomic mass is 9.62. The van der Waals surface area contributed by atoms with Crippen LogP contribution in [-0.4, -0.2) is 64.7 Å². The fourth-order valence-corrected chi connectivity index (χ4v) is 6.86. The van der Waals surface area contributed by atoms with Gasteiger partial charge >= 0.3 is 0 Å². The number of nitrogens with zero attached hydrogens (tertiary/aromatic N) is 1. The van der Waals surface area contributed by atoms with E-state index in [0.29, 0.717) is 19.5 Å². The third-order valence-electron chi connectivity index (χ3n) is 8.85. The van der Waals surface area contributed by atoms with E-state index in [-0.39, 0.29) is 30.2 Å². The van der Waals surface area contributed by atoms with Crippen LogP contribution >= 0.6 is 0 Å². The van der Waals surface area contributed by atoms with Crippen molar-refractivity contribution in [2.45, 2.75) is 90.4 Å². The Kier molecular flexibility index (Phi) is 8.00. The average molecular weight is 514 g/mol. The lowest BCUT2D eigenvalue weighted by Gasteiger charge is -2.36. The van der Waals surface area contributed by atoms with E-state index in [0.717, 1.165) is 48.9 Å². The van der Waals surface area contributed by atoms with Crippen molar-refractivity contribution in [2.75, 3.05) is 25.0 Å². The molecule has 37 heavy (non-hydrogen) atoms. The number of hydrogen-bond donors (Lipinski definition) is 3. The Bertz CT molecular complexity index is 1040. The fraction of sp³-hybridized carbons (Fsp3) is 0.690. The molecule has 3 unspecified atom stereocenters. The number of aliphatic hydroxyl groups excluding tert-OH is 1. The van der Waals surface area contributed by atoms with Crippen LogP contribution in [0.2, 0.25) is 0 Å². The van der Waals surface area contributed by atoms with Gasteiger partial charge in [-0.1, -0.05) is 38.8 Å². The monoisotopic (exact) mass is 513 g/mol. The summed E-state index contributed by atoms with van der Waals surface area (Å²) in [4.78, 5) is 43.2. The third-order valence-corrected chi connectivity index (χ3v) is 8.85. The van der Waals surface area contributed by atoms with E-state index in [2.05, 4.69) is 17.6 Å². The van der Waals surface area contributed by atoms with Crippen molar-refractivity contribution in [3.8, 4) is 0 Å². The Labute approximate surface area is 220 Å². The van der Waals surface area contributed by atoms with Gasteiger partial charge in [0.05, 0.1) is 17.4 Å². The molecular weight excluding hydrogens is 470 g/mol. The maximum atomic E-state index is 14.1. The molecule has 3 amide bonds. The van der Waals surface area contributed by atoms with Gasteiger partial charge in [-0.25, -0.2) is 0 Å². The number of aliphatic hydroxyl groups is 1. The molecule has 3 aliphatic heterocycles. The van der Waals surface area contributed by atoms with Crippen molar-refractivity contribution in [3.63, 3.8) is 0 Å². The van der Waals surface area contributed by atoms with Gasteiger partial charge in [0.1, 0.15) is 11.6 Å². The number of carbonyl (C=O) groups excluding carboxylic acids is 3. The highest BCUT2D eigenvalue weighted by atomic mass is 16.5. The first-order valence-electron chi connectivity index (χ1n) is 13.9. The summed E-state index contributed by atoms with van der Waals surface area (Å²) in [7, 11) is 0. The van der Waals surface area contributed by atoms with Gasteiger partial charge in [0.2, 0.25) is 17.7 Å². The number of nitrogens with one attached hydrogen (secondary N) is 2. The molecule has 204 valence electrons. The standard InChI is InChI=1S/C29H43N3O5/c1-6-13-30-25(34)22-23-27(36)32(14-9-7-8-10-15-33)24(29(23)17-20(4)28(22,5)37-29)26(35)31-21-16-18(2)11-12-19(21)3/h11-12,16,20,22-24,33H,6-10,13-15,17H2,1-5H3,(H,30,34)(H,31,35)/t20?,22-,23-,24?,28+,29?/m0/s1. The summed E-state index contributed by atoms with van der Waals surface area (Å²) in [6.07, 6.45) is 4.51. The molecular formula is C29H43N3O5. The van der Waals surface area contributed by atoms with E-state index >= 15 is 0 Å². The molecule has 0 aromatic heterocycles. The molecule has 3 saturated heterocycles. The number of rotatable bonds is 11. The van der Waals surface area contributed by atoms with Gasteiger partial charge in [-0.05, 0) is 69.6 Å². The van der Waals surface area contributed by atoms with Crippen LogP contribution in [0.1, 0.15) is 70.4 Å². The molecule has 0 radical (unpaired) electrons. The predicted octanol–water partition coefficient (Wildman–Crippen LogP) is 3.33. The number of ether oxygens (including phenoxy) is 1. The SMILES string of the molecule is CCCNC(=O)[C@@H]1[C@H]2C(=O)N(CCCCCCO)C(C(=O)Nc3cc(C)ccc3C)C23CC(C)[C@@]1(C)O3. The van der Waals surface area contributed by atoms with Gasteiger partial charge in [-0.15, -0.1) is 0 Å². The van der Waals surface area contributed by atoms with E-state index in [4.69, 9.17) is 9.84 Å². The van der Waals surface area contributed by atoms with Gasteiger partial charge < -0.3 is 25.4 Å². The quantitative estimate of drug-likeness (QED) is 0.394. The largest absolute Gasteiger partial charge is 0.396 e. The van der Waals surface area contributed by atoms with Crippen molar-refractivity contribution < 1.29 is 24.2 Å². The van der Waals surface area contributed by atoms with Crippen LogP contribution in [-0.2, 0) is 19.1 Å². The molecule has 0 saturated carbocycles. The topological polar surface area (TPSA) is 108 Å². The van der Waals surface area contributed by atoms with Gasteiger partial charge in [-0.3, -0.25) is 14.4 Å². The second-order valence-corrected chi connectivity index (χ2v) is 11.5. The summed E-state index contributed by atoms with van der Waals surface area (Å²) in [5.74, 6) is -1.87. The van der Waals surface area contributed by atoms with Crippen molar-refractivity contribution >= 4 is 23.4 Å². The van der Waals surface area contributed by atoms with Crippen molar-refractivity contribution in [2.24, 2.45) is 17.8 Å². The Balaban J connectivity index is 1.69. The van der Waals surface area contributed by atoms with E-state index in [1.807, 2.05) is 45.9 Å². The van der Waals surface area contributed by atoms with Crippen LogP contribution in [0.25, 0.3) is 0 Å². The van der Waals surface area contributed by atoms with Crippen LogP contribution in [0.15, 0.2) is 18.2 Å². The molecule has 3 fully saturated rings. The molecule has 1 aromatic carbocycles. The van der Waals surface area contributed by atoms with Gasteiger partial charge in [0.15, 0.2) is 0 Å². The molecule has 2 bridgehead atoms. The third kappa shape index (κ3) is 4.67. The molecule has 1 spiro atoms. The second-order valence-electron chi connectivity index (χ2n) is 11.5. The van der Waals surface area contributed by atoms with E-state index < -0.39 is 29.1 Å². The van der Waals surface area contributed by atoms with Gasteiger partial charge in [-0.2, -0.15) is 0 Å². The zero-order valence-corrected chi connectivity index (χ0v) is 22.9. The molecule has 8 heteroatoms. The molecule has 3 N–H and O–H groups in total. The van der Waals surface area contributed by atoms with Crippen LogP contribution in [0.5, 0.6) is 0 Å². The number of carbonyl (C=O) groups is 3. The predicted molar refractivity (Wildman–Crippen MR) is 142 cm³/mol. The fourth-order valence-electron chi connectivity index (χ4n) is 6.86. The molecule has 3 heterocycles. The minimum absolute atomic E-state index is 0.0226. The average Bonchev–Trinajstić information content (AvgIpc) is 3.36. The Hall–Kier alpha value is -2.45. The number of anilines is 1. The summed E-state index contributed by atoms with van der Waals surface area (Å²) in [6.45, 7) is 11.0. The number of benzene rings is 1. The molecule has 6 atom stereocenters. The molecule has 0 aliphatic carbocycles. The van der Waals surface area contributed by atoms with E-state index in [1.165, 1.54) is 0 Å². The maximum absolute atomic E-state index is 14.1. The highest BCUT2D eigenvalue weighted by molar-refractivity contribution is 6.04. The van der Waals surface area contributed by atoms with Crippen LogP contribution < -0.4 is 10.6 Å². The number of fused-ring (bicyclic) bond motifs is 1.